The lowest BCUT2D eigenvalue weighted by Gasteiger charge is -2.24. The third-order valence-corrected chi connectivity index (χ3v) is 4.47. The highest BCUT2D eigenvalue weighted by molar-refractivity contribution is 7.17. The van der Waals surface area contributed by atoms with E-state index in [2.05, 4.69) is 30.7 Å². The van der Waals surface area contributed by atoms with E-state index in [1.165, 1.54) is 24.2 Å². The van der Waals surface area contributed by atoms with Crippen molar-refractivity contribution < 1.29 is 9.53 Å². The minimum absolute atomic E-state index is 0.396. The number of aromatic nitrogens is 1. The van der Waals surface area contributed by atoms with Crippen molar-refractivity contribution in [3.8, 4) is 0 Å². The molecule has 0 radical (unpaired) electrons. The number of aldehydes is 1. The van der Waals surface area contributed by atoms with Crippen LogP contribution in [0.4, 0.5) is 5.13 Å². The molecule has 0 fully saturated rings. The molecule has 1 aromatic rings. The molecule has 0 aliphatic rings. The number of carbonyl (C=O) groups is 1. The van der Waals surface area contributed by atoms with Gasteiger partial charge in [0.25, 0.3) is 0 Å². The molecule has 0 bridgehead atoms. The van der Waals surface area contributed by atoms with E-state index >= 15 is 0 Å². The molecule has 0 spiro atoms. The molecule has 0 unspecified atom stereocenters. The number of ether oxygens (including phenoxy) is 1. The number of carbonyl (C=O) groups excluding carboxylic acids is 1. The fraction of sp³-hybridized carbons (Fsp3) is 0.714. The van der Waals surface area contributed by atoms with Gasteiger partial charge in [0.2, 0.25) is 0 Å². The first-order valence-corrected chi connectivity index (χ1v) is 7.70. The summed E-state index contributed by atoms with van der Waals surface area (Å²) in [5.41, 5.74) is 0.750. The van der Waals surface area contributed by atoms with Gasteiger partial charge in [0, 0.05) is 20.2 Å². The van der Waals surface area contributed by atoms with Crippen LogP contribution >= 0.6 is 11.3 Å². The lowest BCUT2D eigenvalue weighted by atomic mass is 10.0. The SMILES string of the molecule is CCC(CC)CN(CC)c1nc(COC)c(C=O)s1. The molecular formula is C14H24N2O2S. The van der Waals surface area contributed by atoms with E-state index in [0.29, 0.717) is 17.4 Å². The summed E-state index contributed by atoms with van der Waals surface area (Å²) in [5, 5.41) is 0.934. The first-order chi connectivity index (χ1) is 9.19. The largest absolute Gasteiger partial charge is 0.378 e. The summed E-state index contributed by atoms with van der Waals surface area (Å²) in [6.45, 7) is 8.87. The van der Waals surface area contributed by atoms with Crippen molar-refractivity contribution in [3.63, 3.8) is 0 Å². The standard InChI is InChI=1S/C14H24N2O2S/c1-5-11(6-2)8-16(7-3)14-15-12(10-18-4)13(9-17)19-14/h9,11H,5-8,10H2,1-4H3. The average Bonchev–Trinajstić information content (AvgIpc) is 2.84. The molecule has 0 N–H and O–H groups in total. The number of nitrogens with zero attached hydrogens (tertiary/aromatic N) is 2. The molecular weight excluding hydrogens is 260 g/mol. The number of anilines is 1. The first kappa shape index (κ1) is 16.1. The van der Waals surface area contributed by atoms with E-state index in [1.54, 1.807) is 7.11 Å². The number of rotatable bonds is 9. The molecule has 0 aliphatic carbocycles. The zero-order valence-corrected chi connectivity index (χ0v) is 13.1. The molecule has 1 rings (SSSR count). The van der Waals surface area contributed by atoms with Gasteiger partial charge in [0.1, 0.15) is 0 Å². The Morgan fingerprint density at radius 3 is 2.53 bits per heavy atom. The van der Waals surface area contributed by atoms with Gasteiger partial charge < -0.3 is 9.64 Å². The predicted molar refractivity (Wildman–Crippen MR) is 80.2 cm³/mol. The molecule has 5 heteroatoms. The lowest BCUT2D eigenvalue weighted by Crippen LogP contribution is -2.28. The van der Waals surface area contributed by atoms with Gasteiger partial charge in [-0.1, -0.05) is 38.0 Å². The molecule has 19 heavy (non-hydrogen) atoms. The van der Waals surface area contributed by atoms with Gasteiger partial charge in [-0.05, 0) is 12.8 Å². The smallest absolute Gasteiger partial charge is 0.186 e. The van der Waals surface area contributed by atoms with Gasteiger partial charge in [0.15, 0.2) is 11.4 Å². The zero-order valence-electron chi connectivity index (χ0n) is 12.3. The van der Waals surface area contributed by atoms with Crippen molar-refractivity contribution in [2.45, 2.75) is 40.2 Å². The quantitative estimate of drug-likeness (QED) is 0.652. The van der Waals surface area contributed by atoms with Gasteiger partial charge in [-0.3, -0.25) is 4.79 Å². The molecule has 0 aromatic carbocycles. The summed E-state index contributed by atoms with van der Waals surface area (Å²) in [7, 11) is 1.62. The maximum atomic E-state index is 11.1. The van der Waals surface area contributed by atoms with Gasteiger partial charge in [-0.2, -0.15) is 0 Å². The van der Waals surface area contributed by atoms with Crippen LogP contribution < -0.4 is 4.90 Å². The number of thiazole rings is 1. The van der Waals surface area contributed by atoms with Crippen LogP contribution in [0.25, 0.3) is 0 Å². The second-order valence-electron chi connectivity index (χ2n) is 4.58. The molecule has 1 heterocycles. The summed E-state index contributed by atoms with van der Waals surface area (Å²) in [6, 6.07) is 0. The highest BCUT2D eigenvalue weighted by atomic mass is 32.1. The normalized spacial score (nSPS) is 11.0. The highest BCUT2D eigenvalue weighted by Crippen LogP contribution is 2.27. The number of methoxy groups -OCH3 is 1. The summed E-state index contributed by atoms with van der Waals surface area (Å²) in [4.78, 5) is 18.5. The Morgan fingerprint density at radius 1 is 1.37 bits per heavy atom. The minimum atomic E-state index is 0.396. The Hall–Kier alpha value is -0.940. The zero-order chi connectivity index (χ0) is 14.3. The Morgan fingerprint density at radius 2 is 2.05 bits per heavy atom. The second-order valence-corrected chi connectivity index (χ2v) is 5.59. The first-order valence-electron chi connectivity index (χ1n) is 6.88. The fourth-order valence-electron chi connectivity index (χ4n) is 2.02. The van der Waals surface area contributed by atoms with Crippen LogP contribution in [0.3, 0.4) is 0 Å². The molecule has 0 atom stereocenters. The maximum Gasteiger partial charge on any atom is 0.186 e. The molecule has 108 valence electrons. The molecule has 0 amide bonds. The Labute approximate surface area is 119 Å². The van der Waals surface area contributed by atoms with Crippen LogP contribution in [-0.2, 0) is 11.3 Å². The Bertz CT molecular complexity index is 389. The summed E-state index contributed by atoms with van der Waals surface area (Å²) in [6.07, 6.45) is 3.22. The fourth-order valence-corrected chi connectivity index (χ4v) is 2.97. The molecule has 4 nitrogen and oxygen atoms in total. The van der Waals surface area contributed by atoms with Crippen LogP contribution in [0.5, 0.6) is 0 Å². The number of hydrogen-bond acceptors (Lipinski definition) is 5. The third-order valence-electron chi connectivity index (χ3n) is 3.39. The summed E-state index contributed by atoms with van der Waals surface area (Å²) < 4.78 is 5.09. The van der Waals surface area contributed by atoms with Crippen LogP contribution in [0.1, 0.15) is 49.0 Å². The molecule has 0 saturated heterocycles. The van der Waals surface area contributed by atoms with Crippen LogP contribution in [0, 0.1) is 5.92 Å². The van der Waals surface area contributed by atoms with E-state index in [0.717, 1.165) is 30.2 Å². The number of hydrogen-bond donors (Lipinski definition) is 0. The lowest BCUT2D eigenvalue weighted by molar-refractivity contribution is 0.112. The summed E-state index contributed by atoms with van der Waals surface area (Å²) in [5.74, 6) is 0.675. The van der Waals surface area contributed by atoms with Crippen molar-refractivity contribution >= 4 is 22.8 Å². The summed E-state index contributed by atoms with van der Waals surface area (Å²) >= 11 is 1.46. The van der Waals surface area contributed by atoms with Crippen molar-refractivity contribution in [1.82, 2.24) is 4.98 Å². The topological polar surface area (TPSA) is 42.4 Å². The van der Waals surface area contributed by atoms with E-state index in [4.69, 9.17) is 4.74 Å². The van der Waals surface area contributed by atoms with Gasteiger partial charge >= 0.3 is 0 Å². The third kappa shape index (κ3) is 4.28. The van der Waals surface area contributed by atoms with Gasteiger partial charge in [-0.15, -0.1) is 0 Å². The van der Waals surface area contributed by atoms with Crippen molar-refractivity contribution in [1.29, 1.82) is 0 Å². The van der Waals surface area contributed by atoms with Crippen molar-refractivity contribution in [3.05, 3.63) is 10.6 Å². The Kier molecular flexibility index (Phi) is 7.02. The molecule has 1 aromatic heterocycles. The van der Waals surface area contributed by atoms with E-state index < -0.39 is 0 Å². The van der Waals surface area contributed by atoms with Crippen LogP contribution in [0.2, 0.25) is 0 Å². The van der Waals surface area contributed by atoms with Crippen LogP contribution in [0.15, 0.2) is 0 Å². The van der Waals surface area contributed by atoms with Crippen molar-refractivity contribution in [2.75, 3.05) is 25.1 Å². The van der Waals surface area contributed by atoms with E-state index in [1.807, 2.05) is 0 Å². The maximum absolute atomic E-state index is 11.1. The average molecular weight is 284 g/mol. The predicted octanol–water partition coefficient (Wildman–Crippen LogP) is 3.36. The highest BCUT2D eigenvalue weighted by Gasteiger charge is 2.17. The van der Waals surface area contributed by atoms with Crippen molar-refractivity contribution in [2.24, 2.45) is 5.92 Å². The Balaban J connectivity index is 2.88. The van der Waals surface area contributed by atoms with E-state index in [9.17, 15) is 4.79 Å². The van der Waals surface area contributed by atoms with Gasteiger partial charge in [-0.25, -0.2) is 4.98 Å². The second kappa shape index (κ2) is 8.27. The monoisotopic (exact) mass is 284 g/mol. The molecule has 0 saturated carbocycles. The van der Waals surface area contributed by atoms with E-state index in [-0.39, 0.29) is 0 Å². The minimum Gasteiger partial charge on any atom is -0.378 e. The molecule has 0 aliphatic heterocycles. The van der Waals surface area contributed by atoms with Crippen LogP contribution in [-0.4, -0.2) is 31.5 Å². The van der Waals surface area contributed by atoms with Gasteiger partial charge in [0.05, 0.1) is 17.2 Å².